The molecule has 1 aromatic carbocycles. The number of benzene rings is 1. The van der Waals surface area contributed by atoms with E-state index < -0.39 is 0 Å². The second-order valence-electron chi connectivity index (χ2n) is 8.53. The van der Waals surface area contributed by atoms with E-state index >= 15 is 0 Å². The smallest absolute Gasteiger partial charge is 0.290 e. The number of anilines is 1. The van der Waals surface area contributed by atoms with Crippen molar-refractivity contribution in [2.45, 2.75) is 44.6 Å². The number of carboxylic acid groups (broad SMARTS) is 1. The highest BCUT2D eigenvalue weighted by atomic mass is 16.5. The molecule has 2 fully saturated rings. The maximum atomic E-state index is 8.36. The SMILES string of the molecule is COc1cc2c3c(c(NC4COC4)nc2cc1OCCCN1CCCC1)CCC3.O=CO. The van der Waals surface area contributed by atoms with E-state index in [1.165, 1.54) is 48.9 Å². The van der Waals surface area contributed by atoms with E-state index in [9.17, 15) is 0 Å². The number of rotatable bonds is 8. The summed E-state index contributed by atoms with van der Waals surface area (Å²) in [6.07, 6.45) is 7.07. The van der Waals surface area contributed by atoms with Gasteiger partial charge in [-0.15, -0.1) is 0 Å². The number of ether oxygens (including phenoxy) is 3. The minimum Gasteiger partial charge on any atom is -0.493 e. The number of hydrogen-bond donors (Lipinski definition) is 2. The second kappa shape index (κ2) is 10.8. The molecule has 3 heterocycles. The zero-order chi connectivity index (χ0) is 22.3. The summed E-state index contributed by atoms with van der Waals surface area (Å²) in [6, 6.07) is 4.56. The van der Waals surface area contributed by atoms with Crippen LogP contribution in [0, 0.1) is 0 Å². The molecule has 5 rings (SSSR count). The molecule has 2 saturated heterocycles. The van der Waals surface area contributed by atoms with E-state index in [0.717, 1.165) is 61.9 Å². The number of aromatic nitrogens is 1. The Balaban J connectivity index is 0.000000775. The lowest BCUT2D eigenvalue weighted by Crippen LogP contribution is -2.40. The fourth-order valence-electron chi connectivity index (χ4n) is 4.75. The van der Waals surface area contributed by atoms with Crippen molar-refractivity contribution in [2.75, 3.05) is 51.9 Å². The summed E-state index contributed by atoms with van der Waals surface area (Å²) in [7, 11) is 1.72. The van der Waals surface area contributed by atoms with Crippen LogP contribution < -0.4 is 14.8 Å². The first-order chi connectivity index (χ1) is 15.7. The molecule has 3 aliphatic rings. The van der Waals surface area contributed by atoms with Crippen LogP contribution in [0.5, 0.6) is 11.5 Å². The topological polar surface area (TPSA) is 93.2 Å². The maximum Gasteiger partial charge on any atom is 0.290 e. The van der Waals surface area contributed by atoms with Gasteiger partial charge in [0.2, 0.25) is 0 Å². The lowest BCUT2D eigenvalue weighted by molar-refractivity contribution is -0.122. The molecule has 174 valence electrons. The van der Waals surface area contributed by atoms with Crippen molar-refractivity contribution >= 4 is 23.2 Å². The Labute approximate surface area is 188 Å². The van der Waals surface area contributed by atoms with Gasteiger partial charge in [-0.1, -0.05) is 0 Å². The number of nitrogens with one attached hydrogen (secondary N) is 1. The number of aryl methyl sites for hydroxylation is 1. The van der Waals surface area contributed by atoms with Gasteiger partial charge < -0.3 is 29.5 Å². The second-order valence-corrected chi connectivity index (χ2v) is 8.53. The van der Waals surface area contributed by atoms with Crippen LogP contribution >= 0.6 is 0 Å². The van der Waals surface area contributed by atoms with E-state index in [1.807, 2.05) is 0 Å². The Kier molecular flexibility index (Phi) is 7.65. The number of likely N-dealkylation sites (tertiary alicyclic amines) is 1. The van der Waals surface area contributed by atoms with Gasteiger partial charge in [0.15, 0.2) is 11.5 Å². The lowest BCUT2D eigenvalue weighted by atomic mass is 10.0. The molecule has 0 atom stereocenters. The fraction of sp³-hybridized carbons (Fsp3) is 0.583. The zero-order valence-electron chi connectivity index (χ0n) is 18.8. The monoisotopic (exact) mass is 443 g/mol. The Morgan fingerprint density at radius 1 is 1.19 bits per heavy atom. The third-order valence-electron chi connectivity index (χ3n) is 6.40. The Morgan fingerprint density at radius 3 is 2.62 bits per heavy atom. The number of carbonyl (C=O) groups is 1. The van der Waals surface area contributed by atoms with E-state index in [-0.39, 0.29) is 6.47 Å². The molecule has 0 saturated carbocycles. The van der Waals surface area contributed by atoms with Crippen LogP contribution in [0.1, 0.15) is 36.8 Å². The summed E-state index contributed by atoms with van der Waals surface area (Å²) >= 11 is 0. The van der Waals surface area contributed by atoms with Crippen LogP contribution in [0.3, 0.4) is 0 Å². The van der Waals surface area contributed by atoms with Gasteiger partial charge in [0.05, 0.1) is 38.5 Å². The van der Waals surface area contributed by atoms with Gasteiger partial charge in [-0.3, -0.25) is 4.79 Å². The standard InChI is InChI=1S/C23H31N3O3.CH2O2/c1-27-21-12-19-17-6-4-7-18(17)23(24-16-14-28-15-16)25-20(19)13-22(21)29-11-5-10-26-8-2-3-9-26;2-1-3/h12-13,16H,2-11,14-15H2,1H3,(H,24,25);1H,(H,2,3). The Hall–Kier alpha value is -2.58. The Bertz CT molecular complexity index is 926. The normalized spacial score (nSPS) is 17.9. The first-order valence-corrected chi connectivity index (χ1v) is 11.5. The lowest BCUT2D eigenvalue weighted by Gasteiger charge is -2.28. The molecule has 1 aromatic heterocycles. The van der Waals surface area contributed by atoms with Crippen molar-refractivity contribution in [3.63, 3.8) is 0 Å². The zero-order valence-corrected chi connectivity index (χ0v) is 18.8. The maximum absolute atomic E-state index is 8.36. The van der Waals surface area contributed by atoms with Gasteiger partial charge in [0, 0.05) is 18.0 Å². The molecule has 2 aliphatic heterocycles. The summed E-state index contributed by atoms with van der Waals surface area (Å²) in [5.41, 5.74) is 3.77. The van der Waals surface area contributed by atoms with Crippen molar-refractivity contribution in [1.82, 2.24) is 9.88 Å². The first kappa shape index (κ1) is 22.6. The molecule has 0 unspecified atom stereocenters. The minimum atomic E-state index is -0.250. The van der Waals surface area contributed by atoms with E-state index in [1.54, 1.807) is 7.11 Å². The van der Waals surface area contributed by atoms with Crippen LogP contribution in [0.2, 0.25) is 0 Å². The number of methoxy groups -OCH3 is 1. The Morgan fingerprint density at radius 2 is 1.94 bits per heavy atom. The van der Waals surface area contributed by atoms with Gasteiger partial charge >= 0.3 is 0 Å². The molecule has 2 aromatic rings. The highest BCUT2D eigenvalue weighted by Crippen LogP contribution is 2.39. The summed E-state index contributed by atoms with van der Waals surface area (Å²) in [5.74, 6) is 2.64. The van der Waals surface area contributed by atoms with Gasteiger partial charge in [-0.25, -0.2) is 4.98 Å². The van der Waals surface area contributed by atoms with E-state index in [0.29, 0.717) is 12.6 Å². The molecule has 2 N–H and O–H groups in total. The molecule has 0 amide bonds. The van der Waals surface area contributed by atoms with Crippen LogP contribution in [-0.4, -0.2) is 74.1 Å². The van der Waals surface area contributed by atoms with Crippen molar-refractivity contribution < 1.29 is 24.1 Å². The van der Waals surface area contributed by atoms with Crippen LogP contribution in [-0.2, 0) is 22.4 Å². The largest absolute Gasteiger partial charge is 0.493 e. The summed E-state index contributed by atoms with van der Waals surface area (Å²) in [5, 5.41) is 11.7. The van der Waals surface area contributed by atoms with Gasteiger partial charge in [-0.05, 0) is 68.8 Å². The average molecular weight is 444 g/mol. The number of fused-ring (bicyclic) bond motifs is 3. The highest BCUT2D eigenvalue weighted by Gasteiger charge is 2.25. The highest BCUT2D eigenvalue weighted by molar-refractivity contribution is 5.89. The van der Waals surface area contributed by atoms with E-state index in [4.69, 9.17) is 29.1 Å². The minimum absolute atomic E-state index is 0.250. The summed E-state index contributed by atoms with van der Waals surface area (Å²) in [4.78, 5) is 15.9. The number of pyridine rings is 1. The quantitative estimate of drug-likeness (QED) is 0.475. The fourth-order valence-corrected chi connectivity index (χ4v) is 4.75. The average Bonchev–Trinajstić information content (AvgIpc) is 3.46. The van der Waals surface area contributed by atoms with Crippen LogP contribution in [0.4, 0.5) is 5.82 Å². The molecule has 8 nitrogen and oxygen atoms in total. The number of nitrogens with zero attached hydrogens (tertiary/aromatic N) is 2. The summed E-state index contributed by atoms with van der Waals surface area (Å²) < 4.78 is 17.1. The molecule has 0 radical (unpaired) electrons. The van der Waals surface area contributed by atoms with E-state index in [2.05, 4.69) is 22.3 Å². The summed E-state index contributed by atoms with van der Waals surface area (Å²) in [6.45, 7) is 5.56. The molecule has 1 aliphatic carbocycles. The molecule has 8 heteroatoms. The predicted molar refractivity (Wildman–Crippen MR) is 123 cm³/mol. The molecule has 32 heavy (non-hydrogen) atoms. The van der Waals surface area contributed by atoms with Crippen molar-refractivity contribution in [3.8, 4) is 11.5 Å². The molecule has 0 bridgehead atoms. The van der Waals surface area contributed by atoms with Crippen molar-refractivity contribution in [2.24, 2.45) is 0 Å². The number of hydrogen-bond acceptors (Lipinski definition) is 7. The third kappa shape index (κ3) is 5.07. The molecule has 0 spiro atoms. The van der Waals surface area contributed by atoms with Crippen molar-refractivity contribution in [3.05, 3.63) is 23.3 Å². The van der Waals surface area contributed by atoms with Gasteiger partial charge in [0.25, 0.3) is 6.47 Å². The van der Waals surface area contributed by atoms with Gasteiger partial charge in [-0.2, -0.15) is 0 Å². The van der Waals surface area contributed by atoms with Crippen molar-refractivity contribution in [1.29, 1.82) is 0 Å². The first-order valence-electron chi connectivity index (χ1n) is 11.5. The third-order valence-corrected chi connectivity index (χ3v) is 6.40. The van der Waals surface area contributed by atoms with Crippen LogP contribution in [0.25, 0.3) is 10.9 Å². The predicted octanol–water partition coefficient (Wildman–Crippen LogP) is 3.11. The van der Waals surface area contributed by atoms with Gasteiger partial charge in [0.1, 0.15) is 5.82 Å². The molecular formula is C24H33N3O5. The molecular weight excluding hydrogens is 410 g/mol. The van der Waals surface area contributed by atoms with Crippen LogP contribution in [0.15, 0.2) is 12.1 Å².